The van der Waals surface area contributed by atoms with Crippen LogP contribution in [-0.2, 0) is 11.2 Å². The summed E-state index contributed by atoms with van der Waals surface area (Å²) in [6.07, 6.45) is 6.49. The van der Waals surface area contributed by atoms with E-state index in [2.05, 4.69) is 10.3 Å². The molecule has 2 N–H and O–H groups in total. The molecular weight excluding hydrogens is 247 g/mol. The maximum Gasteiger partial charge on any atom is 0.220 e. The minimum atomic E-state index is -0.376. The first-order chi connectivity index (χ1) is 9.13. The summed E-state index contributed by atoms with van der Waals surface area (Å²) in [5.41, 5.74) is 0.731. The first-order valence-corrected chi connectivity index (χ1v) is 6.70. The zero-order valence-electron chi connectivity index (χ0n) is 10.8. The lowest BCUT2D eigenvalue weighted by Gasteiger charge is -2.26. The van der Waals surface area contributed by atoms with Gasteiger partial charge in [-0.3, -0.25) is 9.78 Å². The Labute approximate surface area is 112 Å². The van der Waals surface area contributed by atoms with Crippen molar-refractivity contribution < 1.29 is 14.3 Å². The zero-order valence-corrected chi connectivity index (χ0v) is 10.8. The van der Waals surface area contributed by atoms with Crippen molar-refractivity contribution in [2.75, 3.05) is 0 Å². The maximum absolute atomic E-state index is 12.9. The molecule has 1 heterocycles. The molecule has 2 rings (SSSR count). The molecule has 0 atom stereocenters. The Hall–Kier alpha value is -1.49. The Kier molecular flexibility index (Phi) is 4.85. The number of carbonyl (C=O) groups excluding carboxylic acids is 1. The average molecular weight is 266 g/mol. The highest BCUT2D eigenvalue weighted by Crippen LogP contribution is 2.18. The molecule has 0 aliphatic heterocycles. The van der Waals surface area contributed by atoms with Gasteiger partial charge in [0.25, 0.3) is 0 Å². The minimum absolute atomic E-state index is 0.0225. The van der Waals surface area contributed by atoms with Crippen LogP contribution in [0.25, 0.3) is 0 Å². The van der Waals surface area contributed by atoms with Crippen molar-refractivity contribution in [3.8, 4) is 0 Å². The summed E-state index contributed by atoms with van der Waals surface area (Å²) in [5, 5.41) is 12.3. The van der Waals surface area contributed by atoms with Gasteiger partial charge in [-0.25, -0.2) is 4.39 Å². The molecule has 19 heavy (non-hydrogen) atoms. The van der Waals surface area contributed by atoms with Crippen LogP contribution in [-0.4, -0.2) is 28.1 Å². The van der Waals surface area contributed by atoms with E-state index in [1.165, 1.54) is 6.07 Å². The molecule has 1 amide bonds. The number of aliphatic hydroxyl groups is 1. The van der Waals surface area contributed by atoms with Gasteiger partial charge in [-0.2, -0.15) is 0 Å². The van der Waals surface area contributed by atoms with Gasteiger partial charge in [0.05, 0.1) is 12.3 Å². The molecule has 1 aromatic heterocycles. The lowest BCUT2D eigenvalue weighted by Crippen LogP contribution is -2.38. The highest BCUT2D eigenvalue weighted by Gasteiger charge is 2.20. The standard InChI is InChI=1S/C14H19FN2O2/c15-11-7-10(8-16-9-11)1-6-14(19)17-12-2-4-13(18)5-3-12/h7-9,12-13,18H,1-6H2,(H,17,19). The summed E-state index contributed by atoms with van der Waals surface area (Å²) in [6, 6.07) is 1.57. The lowest BCUT2D eigenvalue weighted by molar-refractivity contribution is -0.122. The summed E-state index contributed by atoms with van der Waals surface area (Å²) in [4.78, 5) is 15.5. The largest absolute Gasteiger partial charge is 0.393 e. The average Bonchev–Trinajstić information content (AvgIpc) is 2.39. The predicted octanol–water partition coefficient (Wildman–Crippen LogP) is 1.57. The van der Waals surface area contributed by atoms with Crippen molar-refractivity contribution >= 4 is 5.91 Å². The van der Waals surface area contributed by atoms with Gasteiger partial charge >= 0.3 is 0 Å². The fraction of sp³-hybridized carbons (Fsp3) is 0.571. The molecule has 1 aromatic rings. The topological polar surface area (TPSA) is 62.2 Å². The third kappa shape index (κ3) is 4.59. The monoisotopic (exact) mass is 266 g/mol. The molecule has 0 radical (unpaired) electrons. The normalized spacial score (nSPS) is 23.1. The Morgan fingerprint density at radius 3 is 2.79 bits per heavy atom. The summed E-state index contributed by atoms with van der Waals surface area (Å²) >= 11 is 0. The molecule has 0 aromatic carbocycles. The van der Waals surface area contributed by atoms with E-state index >= 15 is 0 Å². The smallest absolute Gasteiger partial charge is 0.220 e. The van der Waals surface area contributed by atoms with Gasteiger partial charge in [-0.15, -0.1) is 0 Å². The van der Waals surface area contributed by atoms with Crippen molar-refractivity contribution in [1.82, 2.24) is 10.3 Å². The summed E-state index contributed by atoms with van der Waals surface area (Å²) in [7, 11) is 0. The van der Waals surface area contributed by atoms with Crippen LogP contribution in [0.4, 0.5) is 4.39 Å². The highest BCUT2D eigenvalue weighted by atomic mass is 19.1. The number of nitrogens with one attached hydrogen (secondary N) is 1. The molecular formula is C14H19FN2O2. The Morgan fingerprint density at radius 1 is 1.37 bits per heavy atom. The number of amides is 1. The van der Waals surface area contributed by atoms with Crippen LogP contribution in [0.5, 0.6) is 0 Å². The SMILES string of the molecule is O=C(CCc1cncc(F)c1)NC1CCC(O)CC1. The lowest BCUT2D eigenvalue weighted by atomic mass is 9.93. The van der Waals surface area contributed by atoms with Crippen molar-refractivity contribution in [3.05, 3.63) is 29.8 Å². The number of nitrogens with zero attached hydrogens (tertiary/aromatic N) is 1. The number of aromatic nitrogens is 1. The van der Waals surface area contributed by atoms with E-state index in [1.54, 1.807) is 6.20 Å². The third-order valence-corrected chi connectivity index (χ3v) is 3.46. The van der Waals surface area contributed by atoms with Crippen LogP contribution < -0.4 is 5.32 Å². The molecule has 1 aliphatic carbocycles. The molecule has 0 bridgehead atoms. The van der Waals surface area contributed by atoms with Gasteiger partial charge in [-0.05, 0) is 43.7 Å². The minimum Gasteiger partial charge on any atom is -0.393 e. The second-order valence-electron chi connectivity index (χ2n) is 5.08. The van der Waals surface area contributed by atoms with Gasteiger partial charge in [0.2, 0.25) is 5.91 Å². The molecule has 1 saturated carbocycles. The first kappa shape index (κ1) is 13.9. The number of hydrogen-bond acceptors (Lipinski definition) is 3. The van der Waals surface area contributed by atoms with Crippen LogP contribution in [0.15, 0.2) is 18.5 Å². The van der Waals surface area contributed by atoms with E-state index in [0.717, 1.165) is 37.4 Å². The summed E-state index contributed by atoms with van der Waals surface area (Å²) in [6.45, 7) is 0. The van der Waals surface area contributed by atoms with Crippen LogP contribution in [0.2, 0.25) is 0 Å². The van der Waals surface area contributed by atoms with Crippen LogP contribution >= 0.6 is 0 Å². The number of aliphatic hydroxyl groups excluding tert-OH is 1. The van der Waals surface area contributed by atoms with Gasteiger partial charge in [-0.1, -0.05) is 0 Å². The van der Waals surface area contributed by atoms with E-state index < -0.39 is 0 Å². The van der Waals surface area contributed by atoms with Crippen molar-refractivity contribution in [1.29, 1.82) is 0 Å². The molecule has 0 spiro atoms. The zero-order chi connectivity index (χ0) is 13.7. The fourth-order valence-electron chi connectivity index (χ4n) is 2.37. The summed E-state index contributed by atoms with van der Waals surface area (Å²) in [5.74, 6) is -0.398. The maximum atomic E-state index is 12.9. The van der Waals surface area contributed by atoms with Crippen molar-refractivity contribution in [2.45, 2.75) is 50.7 Å². The predicted molar refractivity (Wildman–Crippen MR) is 68.9 cm³/mol. The number of pyridine rings is 1. The van der Waals surface area contributed by atoms with E-state index in [1.807, 2.05) is 0 Å². The van der Waals surface area contributed by atoms with Crippen LogP contribution in [0.3, 0.4) is 0 Å². The van der Waals surface area contributed by atoms with E-state index in [4.69, 9.17) is 0 Å². The number of hydrogen-bond donors (Lipinski definition) is 2. The quantitative estimate of drug-likeness (QED) is 0.869. The molecule has 0 unspecified atom stereocenters. The third-order valence-electron chi connectivity index (χ3n) is 3.46. The first-order valence-electron chi connectivity index (χ1n) is 6.70. The Morgan fingerprint density at radius 2 is 2.11 bits per heavy atom. The molecule has 0 saturated heterocycles. The Balaban J connectivity index is 1.73. The van der Waals surface area contributed by atoms with Gasteiger partial charge in [0.1, 0.15) is 5.82 Å². The van der Waals surface area contributed by atoms with Crippen molar-refractivity contribution in [2.24, 2.45) is 0 Å². The molecule has 1 fully saturated rings. The number of rotatable bonds is 4. The molecule has 5 heteroatoms. The second kappa shape index (κ2) is 6.61. The number of aryl methyl sites for hydroxylation is 1. The molecule has 104 valence electrons. The van der Waals surface area contributed by atoms with E-state index in [-0.39, 0.29) is 23.9 Å². The number of halogens is 1. The second-order valence-corrected chi connectivity index (χ2v) is 5.08. The molecule has 4 nitrogen and oxygen atoms in total. The van der Waals surface area contributed by atoms with Crippen LogP contribution in [0, 0.1) is 5.82 Å². The summed E-state index contributed by atoms with van der Waals surface area (Å²) < 4.78 is 12.9. The highest BCUT2D eigenvalue weighted by molar-refractivity contribution is 5.76. The Bertz CT molecular complexity index is 431. The van der Waals surface area contributed by atoms with Gasteiger partial charge < -0.3 is 10.4 Å². The van der Waals surface area contributed by atoms with Gasteiger partial charge in [0.15, 0.2) is 0 Å². The number of carbonyl (C=O) groups is 1. The molecule has 1 aliphatic rings. The van der Waals surface area contributed by atoms with E-state index in [0.29, 0.717) is 12.8 Å². The fourth-order valence-corrected chi connectivity index (χ4v) is 2.37. The van der Waals surface area contributed by atoms with Crippen LogP contribution in [0.1, 0.15) is 37.7 Å². The van der Waals surface area contributed by atoms with E-state index in [9.17, 15) is 14.3 Å². The van der Waals surface area contributed by atoms with Gasteiger partial charge in [0, 0.05) is 18.7 Å². The van der Waals surface area contributed by atoms with Crippen molar-refractivity contribution in [3.63, 3.8) is 0 Å².